The van der Waals surface area contributed by atoms with Crippen LogP contribution in [0.15, 0.2) is 92.8 Å². The molecule has 0 bridgehead atoms. The van der Waals surface area contributed by atoms with Gasteiger partial charge >= 0.3 is 0 Å². The van der Waals surface area contributed by atoms with Crippen LogP contribution in [0.3, 0.4) is 0 Å². The Morgan fingerprint density at radius 2 is 1.59 bits per heavy atom. The average molecular weight is 555 g/mol. The van der Waals surface area contributed by atoms with Crippen molar-refractivity contribution in [2.24, 2.45) is 10.2 Å². The third-order valence-electron chi connectivity index (χ3n) is 5.65. The summed E-state index contributed by atoms with van der Waals surface area (Å²) in [5.74, 6) is 0. The molecule has 5 aromatic rings. The van der Waals surface area contributed by atoms with E-state index in [-0.39, 0.29) is 15.2 Å². The number of rotatable bonds is 6. The molecule has 0 unspecified atom stereocenters. The summed E-state index contributed by atoms with van der Waals surface area (Å²) in [6, 6.07) is 19.2. The van der Waals surface area contributed by atoms with Crippen molar-refractivity contribution < 1.29 is 25.9 Å². The van der Waals surface area contributed by atoms with E-state index in [1.807, 2.05) is 31.2 Å². The maximum atomic E-state index is 12.2. The average Bonchev–Trinajstić information content (AvgIpc) is 3.25. The van der Waals surface area contributed by atoms with Gasteiger partial charge in [0.1, 0.15) is 4.90 Å². The molecule has 0 saturated carbocycles. The van der Waals surface area contributed by atoms with E-state index in [4.69, 9.17) is 0 Å². The number of fused-ring (bicyclic) bond motifs is 2. The molecule has 0 saturated heterocycles. The van der Waals surface area contributed by atoms with Gasteiger partial charge in [-0.15, -0.1) is 10.2 Å². The predicted molar refractivity (Wildman–Crippen MR) is 142 cm³/mol. The molecule has 0 aliphatic heterocycles. The quantitative estimate of drug-likeness (QED) is 0.160. The zero-order valence-corrected chi connectivity index (χ0v) is 21.5. The number of nitrogens with one attached hydrogen (secondary N) is 1. The van der Waals surface area contributed by atoms with Crippen molar-refractivity contribution in [1.82, 2.24) is 4.37 Å². The summed E-state index contributed by atoms with van der Waals surface area (Å²) in [5.41, 5.74) is 2.92. The van der Waals surface area contributed by atoms with Crippen molar-refractivity contribution in [3.63, 3.8) is 0 Å². The monoisotopic (exact) mass is 554 g/mol. The summed E-state index contributed by atoms with van der Waals surface area (Å²) >= 11 is 0.986. The molecule has 0 aliphatic carbocycles. The van der Waals surface area contributed by atoms with Crippen LogP contribution in [0, 0.1) is 6.92 Å². The van der Waals surface area contributed by atoms with Gasteiger partial charge < -0.3 is 5.32 Å². The number of anilines is 2. The molecule has 0 spiro atoms. The van der Waals surface area contributed by atoms with Crippen molar-refractivity contribution in [2.75, 3.05) is 5.32 Å². The molecule has 5 rings (SSSR count). The zero-order valence-electron chi connectivity index (χ0n) is 19.0. The van der Waals surface area contributed by atoms with Gasteiger partial charge in [0.2, 0.25) is 0 Å². The van der Waals surface area contributed by atoms with Crippen molar-refractivity contribution in [2.45, 2.75) is 16.7 Å². The van der Waals surface area contributed by atoms with Gasteiger partial charge in [0.05, 0.1) is 16.1 Å². The number of hydrogen-bond donors (Lipinski definition) is 3. The summed E-state index contributed by atoms with van der Waals surface area (Å²) in [7, 11) is -9.00. The molecule has 10 nitrogen and oxygen atoms in total. The Balaban J connectivity index is 1.66. The molecular weight excluding hydrogens is 536 g/mol. The summed E-state index contributed by atoms with van der Waals surface area (Å²) in [6.07, 6.45) is 0. The number of para-hydroxylation sites is 1. The van der Waals surface area contributed by atoms with Gasteiger partial charge in [0, 0.05) is 27.5 Å². The Morgan fingerprint density at radius 3 is 2.32 bits per heavy atom. The fraction of sp³-hybridized carbons (Fsp3) is 0.0417. The highest BCUT2D eigenvalue weighted by Crippen LogP contribution is 2.39. The fourth-order valence-electron chi connectivity index (χ4n) is 3.86. The van der Waals surface area contributed by atoms with E-state index in [1.165, 1.54) is 30.3 Å². The molecule has 13 heteroatoms. The summed E-state index contributed by atoms with van der Waals surface area (Å²) in [5, 5.41) is 13.1. The van der Waals surface area contributed by atoms with Gasteiger partial charge in [-0.25, -0.2) is 0 Å². The maximum absolute atomic E-state index is 12.2. The number of hydrogen-bond acceptors (Lipinski definition) is 9. The van der Waals surface area contributed by atoms with Crippen molar-refractivity contribution in [3.05, 3.63) is 78.4 Å². The molecule has 188 valence electrons. The Kier molecular flexibility index (Phi) is 6.25. The minimum atomic E-state index is -4.58. The van der Waals surface area contributed by atoms with Crippen LogP contribution in [0.1, 0.15) is 5.56 Å². The Morgan fingerprint density at radius 1 is 0.811 bits per heavy atom. The van der Waals surface area contributed by atoms with Gasteiger partial charge in [0.25, 0.3) is 20.2 Å². The number of nitrogens with zero attached hydrogens (tertiary/aromatic N) is 3. The summed E-state index contributed by atoms with van der Waals surface area (Å²) in [6.45, 7) is 1.91. The third-order valence-corrected chi connectivity index (χ3v) is 8.16. The molecule has 3 N–H and O–H groups in total. The maximum Gasteiger partial charge on any atom is 0.295 e. The molecule has 0 amide bonds. The summed E-state index contributed by atoms with van der Waals surface area (Å²) < 4.78 is 71.1. The van der Waals surface area contributed by atoms with Crippen molar-refractivity contribution >= 4 is 75.5 Å². The fourth-order valence-corrected chi connectivity index (χ4v) is 5.78. The molecule has 1 heterocycles. The lowest BCUT2D eigenvalue weighted by molar-refractivity contribution is 0.481. The third kappa shape index (κ3) is 4.95. The van der Waals surface area contributed by atoms with Gasteiger partial charge in [0.15, 0.2) is 5.00 Å². The molecule has 0 atom stereocenters. The molecule has 37 heavy (non-hydrogen) atoms. The molecule has 0 fully saturated rings. The van der Waals surface area contributed by atoms with E-state index in [0.29, 0.717) is 32.7 Å². The Hall–Kier alpha value is -3.75. The second kappa shape index (κ2) is 9.28. The van der Waals surface area contributed by atoms with Gasteiger partial charge in [-0.3, -0.25) is 9.11 Å². The van der Waals surface area contributed by atoms with E-state index < -0.39 is 20.2 Å². The van der Waals surface area contributed by atoms with Crippen LogP contribution >= 0.6 is 11.5 Å². The molecular formula is C24H18N4O6S3. The second-order valence-electron chi connectivity index (χ2n) is 8.07. The van der Waals surface area contributed by atoms with Crippen molar-refractivity contribution in [1.29, 1.82) is 0 Å². The molecule has 0 aliphatic rings. The number of azo groups is 1. The van der Waals surface area contributed by atoms with Crippen LogP contribution < -0.4 is 5.32 Å². The SMILES string of the molecule is Cc1ccccc1Nc1ccc(N=Nc2snc3ccc(S(=O)(=O)O)cc23)c2cccc(S(=O)(=O)O)c12. The van der Waals surface area contributed by atoms with Gasteiger partial charge in [-0.05, 0) is 66.5 Å². The standard InChI is InChI=1S/C24H18N4O6S3/c1-14-5-2-3-7-18(14)25-21-12-11-19(16-6-4-8-22(23(16)21)37(32,33)34)26-27-24-17-13-15(36(29,30)31)9-10-20(17)28-35-24/h2-13,25H,1H3,(H,29,30,31)(H,32,33,34). The second-order valence-corrected chi connectivity index (χ2v) is 11.6. The van der Waals surface area contributed by atoms with E-state index >= 15 is 0 Å². The topological polar surface area (TPSA) is 158 Å². The molecule has 4 aromatic carbocycles. The molecule has 0 radical (unpaired) electrons. The van der Waals surface area contributed by atoms with Crippen LogP contribution in [0.25, 0.3) is 21.7 Å². The number of benzene rings is 4. The van der Waals surface area contributed by atoms with Gasteiger partial charge in [-0.1, -0.05) is 30.3 Å². The van der Waals surface area contributed by atoms with E-state index in [1.54, 1.807) is 18.2 Å². The highest BCUT2D eigenvalue weighted by molar-refractivity contribution is 7.86. The lowest BCUT2D eigenvalue weighted by atomic mass is 10.1. The van der Waals surface area contributed by atoms with Crippen molar-refractivity contribution in [3.8, 4) is 0 Å². The number of aromatic nitrogens is 1. The van der Waals surface area contributed by atoms with Crippen LogP contribution in [-0.2, 0) is 20.2 Å². The minimum Gasteiger partial charge on any atom is -0.355 e. The first-order valence-corrected chi connectivity index (χ1v) is 14.3. The van der Waals surface area contributed by atoms with Crippen LogP contribution in [-0.4, -0.2) is 30.3 Å². The largest absolute Gasteiger partial charge is 0.355 e. The van der Waals surface area contributed by atoms with Crippen LogP contribution in [0.2, 0.25) is 0 Å². The first kappa shape index (κ1) is 24.9. The van der Waals surface area contributed by atoms with Crippen LogP contribution in [0.5, 0.6) is 0 Å². The van der Waals surface area contributed by atoms with E-state index in [2.05, 4.69) is 19.9 Å². The normalized spacial score (nSPS) is 12.5. The lowest BCUT2D eigenvalue weighted by Gasteiger charge is -2.15. The van der Waals surface area contributed by atoms with Crippen LogP contribution in [0.4, 0.5) is 22.1 Å². The first-order chi connectivity index (χ1) is 17.5. The minimum absolute atomic E-state index is 0.229. The number of aryl methyl sites for hydroxylation is 1. The highest BCUT2D eigenvalue weighted by atomic mass is 32.2. The Labute approximate surface area is 216 Å². The smallest absolute Gasteiger partial charge is 0.295 e. The highest BCUT2D eigenvalue weighted by Gasteiger charge is 2.19. The van der Waals surface area contributed by atoms with E-state index in [9.17, 15) is 25.9 Å². The predicted octanol–water partition coefficient (Wildman–Crippen LogP) is 6.41. The summed E-state index contributed by atoms with van der Waals surface area (Å²) in [4.78, 5) is -0.592. The van der Waals surface area contributed by atoms with E-state index in [0.717, 1.165) is 22.8 Å². The van der Waals surface area contributed by atoms with Gasteiger partial charge in [-0.2, -0.15) is 21.2 Å². The lowest BCUT2D eigenvalue weighted by Crippen LogP contribution is -2.02. The Bertz CT molecular complexity index is 1930. The first-order valence-electron chi connectivity index (χ1n) is 10.7. The zero-order chi connectivity index (χ0) is 26.4. The molecule has 1 aromatic heterocycles.